The van der Waals surface area contributed by atoms with Gasteiger partial charge < -0.3 is 9.88 Å². The van der Waals surface area contributed by atoms with Gasteiger partial charge in [0.2, 0.25) is 0 Å². The van der Waals surface area contributed by atoms with E-state index in [0.717, 1.165) is 47.7 Å². The number of hydrogen-bond acceptors (Lipinski definition) is 5. The molecule has 1 amide bonds. The minimum atomic E-state index is -0.366. The van der Waals surface area contributed by atoms with Crippen molar-refractivity contribution in [2.24, 2.45) is 7.05 Å². The van der Waals surface area contributed by atoms with E-state index in [1.54, 1.807) is 0 Å². The van der Waals surface area contributed by atoms with Gasteiger partial charge in [-0.1, -0.05) is 6.42 Å². The number of benzene rings is 1. The average molecular weight is 364 g/mol. The molecule has 2 aromatic heterocycles. The van der Waals surface area contributed by atoms with Gasteiger partial charge in [0.15, 0.2) is 5.82 Å². The third-order valence-electron chi connectivity index (χ3n) is 4.70. The molecule has 0 fully saturated rings. The van der Waals surface area contributed by atoms with Gasteiger partial charge in [-0.25, -0.2) is 4.68 Å². The number of carbonyl (C=O) groups excluding carboxylic acids is 1. The van der Waals surface area contributed by atoms with Crippen LogP contribution in [-0.4, -0.2) is 30.5 Å². The molecular weight excluding hydrogens is 344 g/mol. The Morgan fingerprint density at radius 1 is 1.04 bits per heavy atom. The first-order chi connectivity index (χ1) is 13.1. The van der Waals surface area contributed by atoms with Crippen molar-refractivity contribution in [1.29, 1.82) is 0 Å². The van der Waals surface area contributed by atoms with Crippen LogP contribution in [0, 0.1) is 0 Å². The molecular formula is C19H20N6O2. The van der Waals surface area contributed by atoms with Crippen molar-refractivity contribution in [1.82, 2.24) is 24.5 Å². The van der Waals surface area contributed by atoms with Crippen LogP contribution in [0.4, 0.5) is 5.69 Å². The Balaban J connectivity index is 1.52. The second-order valence-electron chi connectivity index (χ2n) is 6.61. The third-order valence-corrected chi connectivity index (χ3v) is 4.70. The molecule has 0 spiro atoms. The van der Waals surface area contributed by atoms with Gasteiger partial charge in [-0.3, -0.25) is 9.59 Å². The Morgan fingerprint density at radius 3 is 2.63 bits per heavy atom. The van der Waals surface area contributed by atoms with Gasteiger partial charge in [0.05, 0.1) is 0 Å². The number of aryl methyl sites for hydroxylation is 2. The lowest BCUT2D eigenvalue weighted by molar-refractivity contribution is 0.102. The summed E-state index contributed by atoms with van der Waals surface area (Å²) in [7, 11) is 1.51. The predicted molar refractivity (Wildman–Crippen MR) is 100 cm³/mol. The summed E-state index contributed by atoms with van der Waals surface area (Å²) in [6, 6.07) is 10.2. The van der Waals surface area contributed by atoms with Crippen LogP contribution in [0.3, 0.4) is 0 Å². The summed E-state index contributed by atoms with van der Waals surface area (Å²) in [6.45, 7) is 0.939. The normalized spacial score (nSPS) is 13.7. The number of aromatic nitrogens is 5. The third kappa shape index (κ3) is 3.51. The van der Waals surface area contributed by atoms with Crippen molar-refractivity contribution in [2.45, 2.75) is 32.2 Å². The molecule has 0 atom stereocenters. The molecule has 3 aromatic rings. The molecule has 1 N–H and O–H groups in total. The van der Waals surface area contributed by atoms with Crippen molar-refractivity contribution in [3.63, 3.8) is 0 Å². The molecule has 0 aliphatic carbocycles. The molecule has 0 radical (unpaired) electrons. The fraction of sp³-hybridized carbons (Fsp3) is 0.316. The molecule has 8 heteroatoms. The van der Waals surface area contributed by atoms with Crippen LogP contribution in [0.2, 0.25) is 0 Å². The molecule has 27 heavy (non-hydrogen) atoms. The average Bonchev–Trinajstić information content (AvgIpc) is 2.92. The van der Waals surface area contributed by atoms with Gasteiger partial charge in [-0.2, -0.15) is 5.10 Å². The van der Waals surface area contributed by atoms with Crippen LogP contribution in [0.25, 0.3) is 11.4 Å². The number of rotatable bonds is 3. The van der Waals surface area contributed by atoms with Crippen molar-refractivity contribution in [3.8, 4) is 11.4 Å². The molecule has 0 saturated heterocycles. The largest absolute Gasteiger partial charge is 0.321 e. The molecule has 1 aliphatic rings. The summed E-state index contributed by atoms with van der Waals surface area (Å²) in [4.78, 5) is 23.7. The molecule has 0 unspecified atom stereocenters. The van der Waals surface area contributed by atoms with E-state index in [9.17, 15) is 9.59 Å². The predicted octanol–water partition coefficient (Wildman–Crippen LogP) is 2.02. The Morgan fingerprint density at radius 2 is 1.85 bits per heavy atom. The molecule has 0 bridgehead atoms. The van der Waals surface area contributed by atoms with E-state index in [0.29, 0.717) is 5.69 Å². The highest BCUT2D eigenvalue weighted by Gasteiger charge is 2.16. The summed E-state index contributed by atoms with van der Waals surface area (Å²) in [5.41, 5.74) is 1.54. The smallest absolute Gasteiger partial charge is 0.276 e. The number of carbonyl (C=O) groups is 1. The van der Waals surface area contributed by atoms with E-state index in [2.05, 4.69) is 25.2 Å². The maximum absolute atomic E-state index is 12.3. The Hall–Kier alpha value is -3.29. The highest BCUT2D eigenvalue weighted by molar-refractivity contribution is 6.02. The zero-order valence-electron chi connectivity index (χ0n) is 15.1. The van der Waals surface area contributed by atoms with Gasteiger partial charge in [0.1, 0.15) is 11.5 Å². The Bertz CT molecular complexity index is 1040. The molecule has 0 saturated carbocycles. The van der Waals surface area contributed by atoms with Crippen LogP contribution >= 0.6 is 0 Å². The molecule has 1 aliphatic heterocycles. The number of anilines is 1. The van der Waals surface area contributed by atoms with Gasteiger partial charge in [-0.05, 0) is 43.2 Å². The fourth-order valence-electron chi connectivity index (χ4n) is 3.22. The highest BCUT2D eigenvalue weighted by atomic mass is 16.2. The van der Waals surface area contributed by atoms with Gasteiger partial charge in [0, 0.05) is 37.3 Å². The van der Waals surface area contributed by atoms with Gasteiger partial charge >= 0.3 is 0 Å². The summed E-state index contributed by atoms with van der Waals surface area (Å²) in [5, 5.41) is 15.4. The van der Waals surface area contributed by atoms with Crippen LogP contribution in [0.5, 0.6) is 0 Å². The molecule has 8 nitrogen and oxygen atoms in total. The lowest BCUT2D eigenvalue weighted by Crippen LogP contribution is -2.23. The zero-order valence-corrected chi connectivity index (χ0v) is 15.1. The summed E-state index contributed by atoms with van der Waals surface area (Å²) >= 11 is 0. The van der Waals surface area contributed by atoms with E-state index in [4.69, 9.17) is 0 Å². The van der Waals surface area contributed by atoms with E-state index in [-0.39, 0.29) is 17.2 Å². The first-order valence-corrected chi connectivity index (χ1v) is 9.00. The van der Waals surface area contributed by atoms with Crippen LogP contribution in [-0.2, 0) is 20.0 Å². The quantitative estimate of drug-likeness (QED) is 0.767. The molecule has 4 rings (SSSR count). The summed E-state index contributed by atoms with van der Waals surface area (Å²) in [5.74, 6) is 1.54. The zero-order chi connectivity index (χ0) is 18.8. The number of fused-ring (bicyclic) bond motifs is 1. The van der Waals surface area contributed by atoms with Crippen LogP contribution < -0.4 is 10.9 Å². The van der Waals surface area contributed by atoms with Crippen molar-refractivity contribution < 1.29 is 4.79 Å². The summed E-state index contributed by atoms with van der Waals surface area (Å²) < 4.78 is 3.32. The van der Waals surface area contributed by atoms with Crippen molar-refractivity contribution in [2.75, 3.05) is 5.32 Å². The van der Waals surface area contributed by atoms with Gasteiger partial charge in [0.25, 0.3) is 11.5 Å². The maximum Gasteiger partial charge on any atom is 0.276 e. The second kappa shape index (κ2) is 7.14. The fourth-order valence-corrected chi connectivity index (χ4v) is 3.22. The lowest BCUT2D eigenvalue weighted by Gasteiger charge is -2.09. The van der Waals surface area contributed by atoms with Gasteiger partial charge in [-0.15, -0.1) is 10.2 Å². The Labute approximate surface area is 155 Å². The minimum absolute atomic E-state index is 0.184. The second-order valence-corrected chi connectivity index (χ2v) is 6.61. The maximum atomic E-state index is 12.3. The van der Waals surface area contributed by atoms with E-state index in [1.165, 1.54) is 25.6 Å². The highest BCUT2D eigenvalue weighted by Crippen LogP contribution is 2.24. The van der Waals surface area contributed by atoms with E-state index in [1.807, 2.05) is 24.3 Å². The summed E-state index contributed by atoms with van der Waals surface area (Å²) in [6.07, 6.45) is 4.47. The molecule has 1 aromatic carbocycles. The Kier molecular flexibility index (Phi) is 4.53. The SMILES string of the molecule is Cn1nc(C(=O)Nc2ccc(-c3nnc4n3CCCCC4)cc2)ccc1=O. The minimum Gasteiger partial charge on any atom is -0.321 e. The monoisotopic (exact) mass is 364 g/mol. The first kappa shape index (κ1) is 17.1. The first-order valence-electron chi connectivity index (χ1n) is 9.00. The van der Waals surface area contributed by atoms with E-state index >= 15 is 0 Å². The number of hydrogen-bond donors (Lipinski definition) is 1. The number of nitrogens with one attached hydrogen (secondary N) is 1. The molecule has 138 valence electrons. The van der Waals surface area contributed by atoms with Crippen LogP contribution in [0.15, 0.2) is 41.2 Å². The van der Waals surface area contributed by atoms with Crippen molar-refractivity contribution in [3.05, 3.63) is 58.3 Å². The standard InChI is InChI=1S/C19H20N6O2/c1-24-17(26)11-10-15(23-24)19(27)20-14-8-6-13(7-9-14)18-22-21-16-5-3-2-4-12-25(16)18/h6-11H,2-5,12H2,1H3,(H,20,27). The molecule has 3 heterocycles. The lowest BCUT2D eigenvalue weighted by atomic mass is 10.2. The number of amides is 1. The topological polar surface area (TPSA) is 94.7 Å². The van der Waals surface area contributed by atoms with E-state index < -0.39 is 0 Å². The van der Waals surface area contributed by atoms with Crippen LogP contribution in [0.1, 0.15) is 35.6 Å². The number of nitrogens with zero attached hydrogens (tertiary/aromatic N) is 5. The van der Waals surface area contributed by atoms with Crippen molar-refractivity contribution >= 4 is 11.6 Å².